The quantitative estimate of drug-likeness (QED) is 0.515. The van der Waals surface area contributed by atoms with Crippen LogP contribution in [0.1, 0.15) is 21.5 Å². The first-order chi connectivity index (χ1) is 11.6. The van der Waals surface area contributed by atoms with Gasteiger partial charge in [0.25, 0.3) is 5.91 Å². The van der Waals surface area contributed by atoms with Crippen molar-refractivity contribution in [1.29, 1.82) is 0 Å². The fraction of sp³-hybridized carbons (Fsp3) is 0.118. The highest BCUT2D eigenvalue weighted by atomic mass is 35.5. The van der Waals surface area contributed by atoms with Crippen molar-refractivity contribution in [2.45, 2.75) is 13.2 Å². The van der Waals surface area contributed by atoms with Gasteiger partial charge in [-0.3, -0.25) is 4.79 Å². The number of halogens is 1. The van der Waals surface area contributed by atoms with Crippen LogP contribution in [0.5, 0.6) is 0 Å². The van der Waals surface area contributed by atoms with Crippen molar-refractivity contribution in [3.05, 3.63) is 59.4 Å². The van der Waals surface area contributed by atoms with Crippen LogP contribution < -0.4 is 16.8 Å². The molecule has 0 aliphatic rings. The number of primary amides is 1. The highest BCUT2D eigenvalue weighted by Gasteiger charge is 2.13. The van der Waals surface area contributed by atoms with E-state index >= 15 is 0 Å². The molecule has 6 N–H and O–H groups in total. The van der Waals surface area contributed by atoms with Gasteiger partial charge in [0.05, 0.1) is 17.7 Å². The van der Waals surface area contributed by atoms with Crippen molar-refractivity contribution in [3.8, 4) is 0 Å². The van der Waals surface area contributed by atoms with Gasteiger partial charge in [-0.05, 0) is 35.4 Å². The lowest BCUT2D eigenvalue weighted by Gasteiger charge is -2.11. The zero-order valence-electron chi connectivity index (χ0n) is 13.3. The Morgan fingerprint density at radius 2 is 1.96 bits per heavy atom. The normalized spacial score (nSPS) is 10.3. The minimum Gasteiger partial charge on any atom is -0.399 e. The lowest BCUT2D eigenvalue weighted by molar-refractivity contribution is 0.100. The van der Waals surface area contributed by atoms with E-state index in [2.05, 4.69) is 15.3 Å². The summed E-state index contributed by atoms with van der Waals surface area (Å²) in [6, 6.07) is 10.8. The van der Waals surface area contributed by atoms with Gasteiger partial charge >= 0.3 is 0 Å². The van der Waals surface area contributed by atoms with Crippen molar-refractivity contribution in [2.24, 2.45) is 5.73 Å². The lowest BCUT2D eigenvalue weighted by atomic mass is 10.1. The van der Waals surface area contributed by atoms with Gasteiger partial charge in [0.1, 0.15) is 12.1 Å². The highest BCUT2D eigenvalue weighted by Crippen LogP contribution is 2.25. The topological polar surface area (TPSA) is 127 Å². The molecule has 0 saturated heterocycles. The fourth-order valence-electron chi connectivity index (χ4n) is 2.54. The van der Waals surface area contributed by atoms with E-state index in [9.17, 15) is 9.90 Å². The van der Waals surface area contributed by atoms with Crippen molar-refractivity contribution in [1.82, 2.24) is 9.97 Å². The van der Waals surface area contributed by atoms with Gasteiger partial charge in [0.2, 0.25) is 0 Å². The second-order valence-corrected chi connectivity index (χ2v) is 5.38. The number of nitrogens with one attached hydrogen (secondary N) is 1. The molecule has 0 spiro atoms. The molecule has 25 heavy (non-hydrogen) atoms. The van der Waals surface area contributed by atoms with Crippen molar-refractivity contribution in [3.63, 3.8) is 0 Å². The summed E-state index contributed by atoms with van der Waals surface area (Å²) in [5.41, 5.74) is 14.1. The van der Waals surface area contributed by atoms with Crippen LogP contribution in [0.25, 0.3) is 10.9 Å². The molecule has 3 rings (SSSR count). The maximum atomic E-state index is 11.7. The summed E-state index contributed by atoms with van der Waals surface area (Å²) in [6.07, 6.45) is 1.37. The molecule has 7 nitrogen and oxygen atoms in total. The monoisotopic (exact) mass is 359 g/mol. The summed E-state index contributed by atoms with van der Waals surface area (Å²) in [5, 5.41) is 13.2. The SMILES string of the molecule is Cl.NC(=O)c1cc(CO)cc2c(NCc3cccc(N)c3)ncnc12. The minimum atomic E-state index is -0.601. The number of anilines is 2. The first-order valence-corrected chi connectivity index (χ1v) is 7.35. The molecule has 0 radical (unpaired) electrons. The van der Waals surface area contributed by atoms with Crippen LogP contribution in [0.4, 0.5) is 11.5 Å². The zero-order chi connectivity index (χ0) is 17.1. The number of nitrogens with zero attached hydrogens (tertiary/aromatic N) is 2. The number of carbonyl (C=O) groups is 1. The number of aromatic nitrogens is 2. The van der Waals surface area contributed by atoms with E-state index in [1.54, 1.807) is 12.1 Å². The molecule has 1 aromatic heterocycles. The first kappa shape index (κ1) is 18.4. The van der Waals surface area contributed by atoms with E-state index in [0.29, 0.717) is 34.5 Å². The van der Waals surface area contributed by atoms with E-state index in [1.165, 1.54) is 6.33 Å². The van der Waals surface area contributed by atoms with Crippen LogP contribution in [-0.4, -0.2) is 21.0 Å². The van der Waals surface area contributed by atoms with Gasteiger partial charge < -0.3 is 21.9 Å². The summed E-state index contributed by atoms with van der Waals surface area (Å²) in [4.78, 5) is 20.0. The predicted octanol–water partition coefficient (Wildman–Crippen LogP) is 1.84. The van der Waals surface area contributed by atoms with Crippen LogP contribution in [0.15, 0.2) is 42.7 Å². The number of rotatable bonds is 5. The molecule has 0 aliphatic heterocycles. The van der Waals surface area contributed by atoms with Crippen LogP contribution in [-0.2, 0) is 13.2 Å². The summed E-state index contributed by atoms with van der Waals surface area (Å²) in [5.74, 6) is -0.0454. The number of aliphatic hydroxyl groups excluding tert-OH is 1. The number of nitrogen functional groups attached to an aromatic ring is 1. The zero-order valence-corrected chi connectivity index (χ0v) is 14.1. The fourth-order valence-corrected chi connectivity index (χ4v) is 2.54. The molecule has 0 aliphatic carbocycles. The van der Waals surface area contributed by atoms with Crippen molar-refractivity contribution < 1.29 is 9.90 Å². The summed E-state index contributed by atoms with van der Waals surface area (Å²) >= 11 is 0. The van der Waals surface area contributed by atoms with Gasteiger partial charge in [0.15, 0.2) is 0 Å². The Hall–Kier alpha value is -2.90. The molecular weight excluding hydrogens is 342 g/mol. The molecular formula is C17H18ClN5O2. The Morgan fingerprint density at radius 3 is 2.64 bits per heavy atom. The molecule has 3 aromatic rings. The molecule has 1 amide bonds. The van der Waals surface area contributed by atoms with Crippen LogP contribution in [0.3, 0.4) is 0 Å². The Balaban J connectivity index is 0.00000225. The third-order valence-electron chi connectivity index (χ3n) is 3.66. The number of benzene rings is 2. The van der Waals surface area contributed by atoms with Gasteiger partial charge in [-0.2, -0.15) is 0 Å². The van der Waals surface area contributed by atoms with E-state index in [1.807, 2.05) is 24.3 Å². The number of carbonyl (C=O) groups excluding carboxylic acids is 1. The number of amides is 1. The van der Waals surface area contributed by atoms with Gasteiger partial charge in [-0.1, -0.05) is 12.1 Å². The standard InChI is InChI=1S/C17H17N5O2.ClH/c18-12-3-1-2-10(4-12)7-20-17-14-6-11(8-23)5-13(16(19)24)15(14)21-9-22-17;/h1-6,9,23H,7-8,18H2,(H2,19,24)(H,20,21,22);1H. The van der Waals surface area contributed by atoms with E-state index < -0.39 is 5.91 Å². The lowest BCUT2D eigenvalue weighted by Crippen LogP contribution is -2.13. The van der Waals surface area contributed by atoms with Crippen LogP contribution in [0, 0.1) is 0 Å². The molecule has 1 heterocycles. The van der Waals surface area contributed by atoms with Crippen LogP contribution in [0.2, 0.25) is 0 Å². The van der Waals surface area contributed by atoms with Gasteiger partial charge in [-0.15, -0.1) is 12.4 Å². The van der Waals surface area contributed by atoms with E-state index in [0.717, 1.165) is 5.56 Å². The number of hydrogen-bond donors (Lipinski definition) is 4. The average molecular weight is 360 g/mol. The summed E-state index contributed by atoms with van der Waals surface area (Å²) in [7, 11) is 0. The molecule has 0 fully saturated rings. The first-order valence-electron chi connectivity index (χ1n) is 7.35. The number of hydrogen-bond acceptors (Lipinski definition) is 6. The van der Waals surface area contributed by atoms with Crippen molar-refractivity contribution in [2.75, 3.05) is 11.1 Å². The third-order valence-corrected chi connectivity index (χ3v) is 3.66. The maximum absolute atomic E-state index is 11.7. The third kappa shape index (κ3) is 3.96. The number of aliphatic hydroxyl groups is 1. The Kier molecular flexibility index (Phi) is 5.74. The molecule has 2 aromatic carbocycles. The minimum absolute atomic E-state index is 0. The predicted molar refractivity (Wildman–Crippen MR) is 99.4 cm³/mol. The smallest absolute Gasteiger partial charge is 0.250 e. The number of nitrogens with two attached hydrogens (primary N) is 2. The van der Waals surface area contributed by atoms with E-state index in [4.69, 9.17) is 11.5 Å². The molecule has 8 heteroatoms. The Morgan fingerprint density at radius 1 is 1.16 bits per heavy atom. The summed E-state index contributed by atoms with van der Waals surface area (Å²) < 4.78 is 0. The largest absolute Gasteiger partial charge is 0.399 e. The molecule has 0 unspecified atom stereocenters. The van der Waals surface area contributed by atoms with E-state index in [-0.39, 0.29) is 24.6 Å². The number of fused-ring (bicyclic) bond motifs is 1. The molecule has 0 bridgehead atoms. The van der Waals surface area contributed by atoms with Gasteiger partial charge in [0, 0.05) is 17.6 Å². The highest BCUT2D eigenvalue weighted by molar-refractivity contribution is 6.07. The Labute approximate surface area is 150 Å². The van der Waals surface area contributed by atoms with Crippen LogP contribution >= 0.6 is 12.4 Å². The van der Waals surface area contributed by atoms with Crippen molar-refractivity contribution >= 4 is 40.7 Å². The second-order valence-electron chi connectivity index (χ2n) is 5.38. The molecule has 130 valence electrons. The summed E-state index contributed by atoms with van der Waals surface area (Å²) in [6.45, 7) is 0.298. The maximum Gasteiger partial charge on any atom is 0.250 e. The van der Waals surface area contributed by atoms with Gasteiger partial charge in [-0.25, -0.2) is 9.97 Å². The Bertz CT molecular complexity index is 917. The average Bonchev–Trinajstić information content (AvgIpc) is 2.58. The molecule has 0 atom stereocenters. The molecule has 0 saturated carbocycles. The second kappa shape index (κ2) is 7.78.